The summed E-state index contributed by atoms with van der Waals surface area (Å²) in [7, 11) is -0.633. The van der Waals surface area contributed by atoms with Crippen LogP contribution in [-0.4, -0.2) is 43.0 Å². The summed E-state index contributed by atoms with van der Waals surface area (Å²) in [5.74, 6) is -0.166. The number of sulfonamides is 1. The molecule has 0 spiro atoms. The van der Waals surface area contributed by atoms with E-state index in [1.54, 1.807) is 13.0 Å². The Kier molecular flexibility index (Phi) is 7.06. The van der Waals surface area contributed by atoms with Gasteiger partial charge in [0.05, 0.1) is 16.2 Å². The molecule has 0 saturated carbocycles. The molecule has 0 unspecified atom stereocenters. The highest BCUT2D eigenvalue weighted by Gasteiger charge is 2.24. The Labute approximate surface area is 203 Å². The van der Waals surface area contributed by atoms with Crippen LogP contribution in [0.3, 0.4) is 0 Å². The minimum Gasteiger partial charge on any atom is -0.431 e. The number of amides is 1. The van der Waals surface area contributed by atoms with Gasteiger partial charge in [-0.1, -0.05) is 72.4 Å². The number of nitrogens with one attached hydrogen (secondary N) is 1. The zero-order valence-electron chi connectivity index (χ0n) is 19.0. The van der Waals surface area contributed by atoms with Crippen molar-refractivity contribution in [3.05, 3.63) is 90.0 Å². The summed E-state index contributed by atoms with van der Waals surface area (Å²) < 4.78 is 31.7. The smallest absolute Gasteiger partial charge is 0.257 e. The number of benzene rings is 3. The van der Waals surface area contributed by atoms with E-state index in [2.05, 4.69) is 10.3 Å². The lowest BCUT2D eigenvalue weighted by Gasteiger charge is -2.21. The van der Waals surface area contributed by atoms with Crippen LogP contribution >= 0.6 is 11.8 Å². The average molecular weight is 496 g/mol. The van der Waals surface area contributed by atoms with Gasteiger partial charge in [0.2, 0.25) is 15.9 Å². The Morgan fingerprint density at radius 3 is 2.12 bits per heavy atom. The predicted molar refractivity (Wildman–Crippen MR) is 133 cm³/mol. The quantitative estimate of drug-likeness (QED) is 0.363. The molecule has 1 heterocycles. The first kappa shape index (κ1) is 24.0. The molecule has 0 aliphatic rings. The van der Waals surface area contributed by atoms with Crippen molar-refractivity contribution in [2.24, 2.45) is 0 Å². The van der Waals surface area contributed by atoms with Crippen molar-refractivity contribution in [3.63, 3.8) is 0 Å². The lowest BCUT2D eigenvalue weighted by molar-refractivity contribution is -0.120. The van der Waals surface area contributed by atoms with Gasteiger partial charge in [0, 0.05) is 14.1 Å². The fraction of sp³-hybridized carbons (Fsp3) is 0.200. The first-order valence-electron chi connectivity index (χ1n) is 10.7. The van der Waals surface area contributed by atoms with Gasteiger partial charge in [0.1, 0.15) is 5.52 Å². The van der Waals surface area contributed by atoms with Gasteiger partial charge in [0.25, 0.3) is 5.22 Å². The van der Waals surface area contributed by atoms with Crippen molar-refractivity contribution in [1.29, 1.82) is 0 Å². The summed E-state index contributed by atoms with van der Waals surface area (Å²) in [5, 5.41) is 2.94. The summed E-state index contributed by atoms with van der Waals surface area (Å²) >= 11 is 1.18. The molecular formula is C25H25N3O4S2. The topological polar surface area (TPSA) is 92.5 Å². The minimum atomic E-state index is -3.58. The Morgan fingerprint density at radius 1 is 0.971 bits per heavy atom. The Bertz CT molecular complexity index is 1350. The summed E-state index contributed by atoms with van der Waals surface area (Å²) in [5.41, 5.74) is 2.84. The van der Waals surface area contributed by atoms with Gasteiger partial charge in [-0.2, -0.15) is 0 Å². The maximum absolute atomic E-state index is 13.1. The van der Waals surface area contributed by atoms with Crippen molar-refractivity contribution >= 4 is 38.8 Å². The van der Waals surface area contributed by atoms with Crippen LogP contribution < -0.4 is 5.32 Å². The van der Waals surface area contributed by atoms with Crippen LogP contribution in [0.4, 0.5) is 0 Å². The number of carbonyl (C=O) groups is 1. The Morgan fingerprint density at radius 2 is 1.56 bits per heavy atom. The van der Waals surface area contributed by atoms with Crippen LogP contribution in [0.2, 0.25) is 0 Å². The van der Waals surface area contributed by atoms with Crippen LogP contribution in [0.5, 0.6) is 0 Å². The third-order valence-electron chi connectivity index (χ3n) is 5.32. The maximum atomic E-state index is 13.1. The van der Waals surface area contributed by atoms with E-state index in [0.717, 1.165) is 15.4 Å². The first-order valence-corrected chi connectivity index (χ1v) is 13.0. The van der Waals surface area contributed by atoms with E-state index in [1.807, 2.05) is 60.7 Å². The molecule has 0 saturated heterocycles. The summed E-state index contributed by atoms with van der Waals surface area (Å²) in [4.78, 5) is 17.6. The maximum Gasteiger partial charge on any atom is 0.257 e. The molecule has 7 nitrogen and oxygen atoms in total. The van der Waals surface area contributed by atoms with E-state index in [9.17, 15) is 13.2 Å². The van der Waals surface area contributed by atoms with Gasteiger partial charge in [-0.25, -0.2) is 17.7 Å². The van der Waals surface area contributed by atoms with E-state index in [-0.39, 0.29) is 16.8 Å². The van der Waals surface area contributed by atoms with Gasteiger partial charge in [-0.15, -0.1) is 0 Å². The molecule has 1 amide bonds. The van der Waals surface area contributed by atoms with Crippen molar-refractivity contribution in [2.45, 2.75) is 28.3 Å². The van der Waals surface area contributed by atoms with Crippen molar-refractivity contribution in [3.8, 4) is 0 Å². The van der Waals surface area contributed by atoms with Gasteiger partial charge in [-0.3, -0.25) is 4.79 Å². The van der Waals surface area contributed by atoms with Crippen LogP contribution in [0.15, 0.2) is 93.4 Å². The van der Waals surface area contributed by atoms with E-state index in [0.29, 0.717) is 16.3 Å². The van der Waals surface area contributed by atoms with Crippen molar-refractivity contribution in [2.75, 3.05) is 14.1 Å². The number of fused-ring (bicyclic) bond motifs is 1. The molecule has 0 aliphatic heterocycles. The van der Waals surface area contributed by atoms with Crippen LogP contribution in [0, 0.1) is 0 Å². The summed E-state index contributed by atoms with van der Waals surface area (Å²) in [6, 6.07) is 23.8. The van der Waals surface area contributed by atoms with E-state index in [1.165, 1.54) is 38.0 Å². The molecule has 34 heavy (non-hydrogen) atoms. The lowest BCUT2D eigenvalue weighted by Crippen LogP contribution is -2.34. The van der Waals surface area contributed by atoms with E-state index in [4.69, 9.17) is 4.42 Å². The van der Waals surface area contributed by atoms with Gasteiger partial charge in [-0.05, 0) is 36.2 Å². The second-order valence-corrected chi connectivity index (χ2v) is 11.4. The highest BCUT2D eigenvalue weighted by atomic mass is 32.2. The molecule has 176 valence electrons. The standard InChI is InChI=1S/C25H25N3O4S2/c1-17(24(29)27-23(18-10-6-4-7-11-18)19-12-8-5-9-13-19)33-25-26-21-16-20(14-15-22(21)32-25)34(30,31)28(2)3/h4-17,23H,1-3H3,(H,27,29)/t17-/m1/s1. The summed E-state index contributed by atoms with van der Waals surface area (Å²) in [6.45, 7) is 1.78. The summed E-state index contributed by atoms with van der Waals surface area (Å²) in [6.07, 6.45) is 0. The molecular weight excluding hydrogens is 470 g/mol. The molecule has 3 aromatic carbocycles. The number of carbonyl (C=O) groups excluding carboxylic acids is 1. The Hall–Kier alpha value is -3.14. The van der Waals surface area contributed by atoms with Gasteiger partial charge >= 0.3 is 0 Å². The van der Waals surface area contributed by atoms with Crippen molar-refractivity contribution in [1.82, 2.24) is 14.6 Å². The molecule has 0 fully saturated rings. The molecule has 1 N–H and O–H groups in total. The zero-order valence-corrected chi connectivity index (χ0v) is 20.6. The van der Waals surface area contributed by atoms with E-state index < -0.39 is 15.3 Å². The molecule has 4 aromatic rings. The molecule has 9 heteroatoms. The normalized spacial score (nSPS) is 12.9. The molecule has 1 aromatic heterocycles. The Balaban J connectivity index is 1.52. The lowest BCUT2D eigenvalue weighted by atomic mass is 9.98. The second kappa shape index (κ2) is 10.0. The fourth-order valence-corrected chi connectivity index (χ4v) is 5.11. The van der Waals surface area contributed by atoms with Crippen LogP contribution in [-0.2, 0) is 14.8 Å². The van der Waals surface area contributed by atoms with Crippen molar-refractivity contribution < 1.29 is 17.6 Å². The molecule has 4 rings (SSSR count). The molecule has 0 aliphatic carbocycles. The van der Waals surface area contributed by atoms with Crippen LogP contribution in [0.25, 0.3) is 11.1 Å². The van der Waals surface area contributed by atoms with Gasteiger partial charge in [0.15, 0.2) is 5.58 Å². The highest BCUT2D eigenvalue weighted by molar-refractivity contribution is 8.00. The van der Waals surface area contributed by atoms with Crippen LogP contribution in [0.1, 0.15) is 24.1 Å². The number of aromatic nitrogens is 1. The third-order valence-corrected chi connectivity index (χ3v) is 8.07. The fourth-order valence-electron chi connectivity index (χ4n) is 3.42. The monoisotopic (exact) mass is 495 g/mol. The van der Waals surface area contributed by atoms with Gasteiger partial charge < -0.3 is 9.73 Å². The SMILES string of the molecule is C[C@@H](Sc1nc2cc(S(=O)(=O)N(C)C)ccc2o1)C(=O)NC(c1ccccc1)c1ccccc1. The number of rotatable bonds is 8. The highest BCUT2D eigenvalue weighted by Crippen LogP contribution is 2.30. The zero-order chi connectivity index (χ0) is 24.3. The number of oxazole rings is 1. The first-order chi connectivity index (χ1) is 16.3. The largest absolute Gasteiger partial charge is 0.431 e. The number of hydrogen-bond donors (Lipinski definition) is 1. The average Bonchev–Trinajstić information content (AvgIpc) is 3.24. The molecule has 0 bridgehead atoms. The predicted octanol–water partition coefficient (Wildman–Crippen LogP) is 4.46. The number of thioether (sulfide) groups is 1. The number of hydrogen-bond acceptors (Lipinski definition) is 6. The second-order valence-electron chi connectivity index (χ2n) is 7.92. The van der Waals surface area contributed by atoms with E-state index >= 15 is 0 Å². The minimum absolute atomic E-state index is 0.134. The number of nitrogens with zero attached hydrogens (tertiary/aromatic N) is 2. The third kappa shape index (κ3) is 5.16. The molecule has 0 radical (unpaired) electrons. The molecule has 1 atom stereocenters.